The van der Waals surface area contributed by atoms with Crippen LogP contribution in [0.4, 0.5) is 5.69 Å². The number of methoxy groups -OCH3 is 1. The highest BCUT2D eigenvalue weighted by Crippen LogP contribution is 2.20. The van der Waals surface area contributed by atoms with Gasteiger partial charge in [0.25, 0.3) is 0 Å². The molecule has 0 bridgehead atoms. The third-order valence-electron chi connectivity index (χ3n) is 3.54. The molecule has 1 heterocycles. The molecule has 1 aromatic rings. The van der Waals surface area contributed by atoms with Crippen LogP contribution in [-0.2, 0) is 0 Å². The van der Waals surface area contributed by atoms with Gasteiger partial charge in [-0.25, -0.2) is 0 Å². The molecule has 1 aromatic carbocycles. The predicted molar refractivity (Wildman–Crippen MR) is 76.7 cm³/mol. The summed E-state index contributed by atoms with van der Waals surface area (Å²) in [5.41, 5.74) is 6.99. The molecular formula is C14H23N3O2. The summed E-state index contributed by atoms with van der Waals surface area (Å²) >= 11 is 0. The molecule has 1 saturated heterocycles. The summed E-state index contributed by atoms with van der Waals surface area (Å²) in [5.74, 6) is 0.885. The van der Waals surface area contributed by atoms with Gasteiger partial charge < -0.3 is 20.5 Å². The number of rotatable bonds is 5. The molecule has 1 atom stereocenters. The maximum Gasteiger partial charge on any atom is 0.119 e. The third kappa shape index (κ3) is 3.83. The molecule has 3 N–H and O–H groups in total. The van der Waals surface area contributed by atoms with Crippen molar-refractivity contribution in [1.29, 1.82) is 0 Å². The van der Waals surface area contributed by atoms with E-state index in [1.807, 2.05) is 12.1 Å². The minimum Gasteiger partial charge on any atom is -0.497 e. The van der Waals surface area contributed by atoms with Gasteiger partial charge in [0.15, 0.2) is 0 Å². The van der Waals surface area contributed by atoms with Gasteiger partial charge in [-0.3, -0.25) is 4.90 Å². The molecule has 1 aliphatic rings. The van der Waals surface area contributed by atoms with Crippen molar-refractivity contribution in [3.8, 4) is 5.75 Å². The van der Waals surface area contributed by atoms with Crippen LogP contribution in [0.1, 0.15) is 0 Å². The lowest BCUT2D eigenvalue weighted by molar-refractivity contribution is 0.194. The Morgan fingerprint density at radius 2 is 1.84 bits per heavy atom. The molecule has 5 heteroatoms. The fraction of sp³-hybridized carbons (Fsp3) is 0.571. The van der Waals surface area contributed by atoms with Crippen molar-refractivity contribution in [2.45, 2.75) is 6.04 Å². The number of hydrogen-bond acceptors (Lipinski definition) is 5. The van der Waals surface area contributed by atoms with E-state index < -0.39 is 0 Å². The van der Waals surface area contributed by atoms with Gasteiger partial charge in [-0.2, -0.15) is 0 Å². The van der Waals surface area contributed by atoms with Crippen molar-refractivity contribution >= 4 is 5.69 Å². The first-order valence-electron chi connectivity index (χ1n) is 6.70. The first-order chi connectivity index (χ1) is 9.22. The molecule has 0 aromatic heterocycles. The number of hydrogen-bond donors (Lipinski definition) is 2. The summed E-state index contributed by atoms with van der Waals surface area (Å²) < 4.78 is 5.17. The van der Waals surface area contributed by atoms with E-state index >= 15 is 0 Å². The Balaban J connectivity index is 1.85. The molecular weight excluding hydrogens is 242 g/mol. The van der Waals surface area contributed by atoms with Crippen LogP contribution >= 0.6 is 0 Å². The minimum absolute atomic E-state index is 0.0543. The van der Waals surface area contributed by atoms with E-state index in [2.05, 4.69) is 21.9 Å². The zero-order valence-corrected chi connectivity index (χ0v) is 11.5. The molecule has 1 aliphatic heterocycles. The minimum atomic E-state index is -0.132. The van der Waals surface area contributed by atoms with E-state index in [0.29, 0.717) is 0 Å². The van der Waals surface area contributed by atoms with Gasteiger partial charge in [-0.15, -0.1) is 0 Å². The average molecular weight is 265 g/mol. The number of nitrogens with zero attached hydrogens (tertiary/aromatic N) is 2. The quantitative estimate of drug-likeness (QED) is 0.793. The average Bonchev–Trinajstić information content (AvgIpc) is 2.48. The fourth-order valence-electron chi connectivity index (χ4n) is 2.37. The number of anilines is 1. The first kappa shape index (κ1) is 14.1. The number of ether oxygens (including phenoxy) is 1. The highest BCUT2D eigenvalue weighted by Gasteiger charge is 2.18. The van der Waals surface area contributed by atoms with E-state index in [9.17, 15) is 0 Å². The molecule has 0 aliphatic carbocycles. The SMILES string of the molecule is COc1ccc(N2CCN(CC(N)CO)CC2)cc1. The van der Waals surface area contributed by atoms with Crippen molar-refractivity contribution in [3.63, 3.8) is 0 Å². The van der Waals surface area contributed by atoms with Gasteiger partial charge >= 0.3 is 0 Å². The number of piperazine rings is 1. The second kappa shape index (κ2) is 6.75. The lowest BCUT2D eigenvalue weighted by Gasteiger charge is -2.37. The summed E-state index contributed by atoms with van der Waals surface area (Å²) in [7, 11) is 1.68. The maximum atomic E-state index is 8.97. The van der Waals surface area contributed by atoms with E-state index in [-0.39, 0.29) is 12.6 Å². The maximum absolute atomic E-state index is 8.97. The lowest BCUT2D eigenvalue weighted by atomic mass is 10.2. The van der Waals surface area contributed by atoms with Gasteiger partial charge in [0.2, 0.25) is 0 Å². The van der Waals surface area contributed by atoms with Gasteiger partial charge in [-0.05, 0) is 24.3 Å². The third-order valence-corrected chi connectivity index (χ3v) is 3.54. The van der Waals surface area contributed by atoms with Crippen LogP contribution in [0.2, 0.25) is 0 Å². The summed E-state index contributed by atoms with van der Waals surface area (Å²) in [6.45, 7) is 4.78. The standard InChI is InChI=1S/C14H23N3O2/c1-19-14-4-2-13(3-5-14)17-8-6-16(7-9-17)10-12(15)11-18/h2-5,12,18H,6-11,15H2,1H3. The first-order valence-corrected chi connectivity index (χ1v) is 6.70. The van der Waals surface area contributed by atoms with Crippen LogP contribution in [0.25, 0.3) is 0 Å². The zero-order valence-electron chi connectivity index (χ0n) is 11.5. The Labute approximate surface area is 114 Å². The van der Waals surface area contributed by atoms with Crippen LogP contribution in [0.15, 0.2) is 24.3 Å². The monoisotopic (exact) mass is 265 g/mol. The molecule has 0 spiro atoms. The smallest absolute Gasteiger partial charge is 0.119 e. The van der Waals surface area contributed by atoms with E-state index in [1.54, 1.807) is 7.11 Å². The van der Waals surface area contributed by atoms with Crippen LogP contribution in [0.3, 0.4) is 0 Å². The largest absolute Gasteiger partial charge is 0.497 e. The molecule has 106 valence electrons. The van der Waals surface area contributed by atoms with Gasteiger partial charge in [-0.1, -0.05) is 0 Å². The summed E-state index contributed by atoms with van der Waals surface area (Å²) in [4.78, 5) is 4.67. The molecule has 1 fully saturated rings. The summed E-state index contributed by atoms with van der Waals surface area (Å²) in [6.07, 6.45) is 0. The van der Waals surface area contributed by atoms with Gasteiger partial charge in [0, 0.05) is 44.5 Å². The van der Waals surface area contributed by atoms with Crippen molar-refractivity contribution in [2.24, 2.45) is 5.73 Å². The lowest BCUT2D eigenvalue weighted by Crippen LogP contribution is -2.50. The summed E-state index contributed by atoms with van der Waals surface area (Å²) in [6, 6.07) is 8.03. The Morgan fingerprint density at radius 1 is 1.21 bits per heavy atom. The van der Waals surface area contributed by atoms with Crippen molar-refractivity contribution < 1.29 is 9.84 Å². The Bertz CT molecular complexity index is 375. The molecule has 1 unspecified atom stereocenters. The Kier molecular flexibility index (Phi) is 5.01. The van der Waals surface area contributed by atoms with Gasteiger partial charge in [0.05, 0.1) is 13.7 Å². The van der Waals surface area contributed by atoms with Gasteiger partial charge in [0.1, 0.15) is 5.75 Å². The van der Waals surface area contributed by atoms with Crippen molar-refractivity contribution in [3.05, 3.63) is 24.3 Å². The van der Waals surface area contributed by atoms with Crippen LogP contribution in [0.5, 0.6) is 5.75 Å². The second-order valence-corrected chi connectivity index (χ2v) is 4.93. The predicted octanol–water partition coefficient (Wildman–Crippen LogP) is 0.137. The molecule has 19 heavy (non-hydrogen) atoms. The van der Waals surface area contributed by atoms with E-state index in [0.717, 1.165) is 38.5 Å². The number of aliphatic hydroxyl groups excluding tert-OH is 1. The van der Waals surface area contributed by atoms with Crippen molar-refractivity contribution in [1.82, 2.24) is 4.90 Å². The molecule has 0 radical (unpaired) electrons. The van der Waals surface area contributed by atoms with Crippen molar-refractivity contribution in [2.75, 3.05) is 51.3 Å². The normalized spacial score (nSPS) is 18.4. The molecule has 5 nitrogen and oxygen atoms in total. The highest BCUT2D eigenvalue weighted by atomic mass is 16.5. The number of nitrogens with two attached hydrogens (primary N) is 1. The fourth-order valence-corrected chi connectivity index (χ4v) is 2.37. The molecule has 0 saturated carbocycles. The highest BCUT2D eigenvalue weighted by molar-refractivity contribution is 5.49. The second-order valence-electron chi connectivity index (χ2n) is 4.93. The topological polar surface area (TPSA) is 62.0 Å². The van der Waals surface area contributed by atoms with E-state index in [1.165, 1.54) is 5.69 Å². The molecule has 0 amide bonds. The zero-order chi connectivity index (χ0) is 13.7. The van der Waals surface area contributed by atoms with Crippen LogP contribution in [-0.4, -0.2) is 62.5 Å². The number of aliphatic hydroxyl groups is 1. The Morgan fingerprint density at radius 3 is 2.37 bits per heavy atom. The number of benzene rings is 1. The van der Waals surface area contributed by atoms with Crippen LogP contribution in [0, 0.1) is 0 Å². The molecule has 2 rings (SSSR count). The van der Waals surface area contributed by atoms with E-state index in [4.69, 9.17) is 15.6 Å². The van der Waals surface area contributed by atoms with Crippen LogP contribution < -0.4 is 15.4 Å². The Hall–Kier alpha value is -1.30. The summed E-state index contributed by atoms with van der Waals surface area (Å²) in [5, 5.41) is 8.97.